The Bertz CT molecular complexity index is 173. The van der Waals surface area contributed by atoms with Crippen molar-refractivity contribution in [1.82, 2.24) is 0 Å². The minimum absolute atomic E-state index is 0.810. The molecule has 8 heavy (non-hydrogen) atoms. The van der Waals surface area contributed by atoms with Crippen LogP contribution in [0.2, 0.25) is 0 Å². The maximum Gasteiger partial charge on any atom is -0.0363 e. The third kappa shape index (κ3) is 1.10. The van der Waals surface area contributed by atoms with Gasteiger partial charge in [-0.2, -0.15) is 10.6 Å². The third-order valence-corrected chi connectivity index (χ3v) is 2.08. The van der Waals surface area contributed by atoms with Crippen molar-refractivity contribution in [2.75, 3.05) is 0 Å². The molecule has 1 rings (SSSR count). The van der Waals surface area contributed by atoms with E-state index in [1.807, 2.05) is 6.08 Å². The normalized spacial score (nSPS) is 19.4. The van der Waals surface area contributed by atoms with Gasteiger partial charge in [-0.25, -0.2) is 0 Å². The van der Waals surface area contributed by atoms with Gasteiger partial charge in [0.05, 0.1) is 0 Å². The molecule has 0 aromatic carbocycles. The monoisotopic (exact) mass is 130 g/mol. The molecule has 0 amide bonds. The van der Waals surface area contributed by atoms with Crippen molar-refractivity contribution in [2.45, 2.75) is 19.3 Å². The fourth-order valence-electron chi connectivity index (χ4n) is 0.810. The first-order chi connectivity index (χ1) is 3.80. The molecule has 0 saturated heterocycles. The van der Waals surface area contributed by atoms with Crippen LogP contribution in [0, 0.1) is 4.78 Å². The standard InChI is InChI=1S/C5H8NOS/c6-8(7)5-3-1-2-4-5/h3,6H,1-2,4H2/q-1. The molecule has 46 valence electrons. The minimum Gasteiger partial charge on any atom is -0.441 e. The molecule has 0 atom stereocenters. The van der Waals surface area contributed by atoms with Gasteiger partial charge in [-0.3, -0.25) is 0 Å². The number of nitrogens with one attached hydrogen (secondary N) is 1. The molecule has 0 saturated carbocycles. The first-order valence-corrected chi connectivity index (χ1v) is 3.78. The molecule has 3 heteroatoms. The van der Waals surface area contributed by atoms with Gasteiger partial charge in [-0.15, -0.1) is 11.0 Å². The van der Waals surface area contributed by atoms with Crippen LogP contribution in [0.3, 0.4) is 0 Å². The average molecular weight is 130 g/mol. The van der Waals surface area contributed by atoms with Crippen LogP contribution in [-0.4, -0.2) is 0 Å². The summed E-state index contributed by atoms with van der Waals surface area (Å²) in [6.07, 6.45) is 4.87. The second kappa shape index (κ2) is 2.31. The summed E-state index contributed by atoms with van der Waals surface area (Å²) in [7, 11) is -1.43. The predicted octanol–water partition coefficient (Wildman–Crippen LogP) is 1.78. The van der Waals surface area contributed by atoms with E-state index in [9.17, 15) is 4.21 Å². The Morgan fingerprint density at radius 1 is 1.75 bits per heavy atom. The molecule has 0 aliphatic heterocycles. The summed E-state index contributed by atoms with van der Waals surface area (Å²) in [5, 5.41) is 0. The number of rotatable bonds is 1. The lowest BCUT2D eigenvalue weighted by Crippen LogP contribution is -1.73. The van der Waals surface area contributed by atoms with Crippen molar-refractivity contribution in [3.63, 3.8) is 0 Å². The molecule has 0 heterocycles. The van der Waals surface area contributed by atoms with Gasteiger partial charge in [-0.05, 0) is 19.3 Å². The van der Waals surface area contributed by atoms with E-state index < -0.39 is 10.6 Å². The van der Waals surface area contributed by atoms with Gasteiger partial charge in [0.25, 0.3) is 0 Å². The van der Waals surface area contributed by atoms with Crippen molar-refractivity contribution >= 4 is 10.6 Å². The van der Waals surface area contributed by atoms with Crippen molar-refractivity contribution in [3.8, 4) is 0 Å². The second-order valence-electron chi connectivity index (χ2n) is 1.83. The summed E-state index contributed by atoms with van der Waals surface area (Å²) in [5.41, 5.74) is 0. The van der Waals surface area contributed by atoms with Gasteiger partial charge < -0.3 is 8.99 Å². The summed E-state index contributed by atoms with van der Waals surface area (Å²) in [5.74, 6) is 0. The molecule has 1 aliphatic rings. The van der Waals surface area contributed by atoms with E-state index in [1.54, 1.807) is 0 Å². The Hall–Kier alpha value is -0.310. The minimum atomic E-state index is -1.43. The Morgan fingerprint density at radius 3 is 2.75 bits per heavy atom. The lowest BCUT2D eigenvalue weighted by Gasteiger charge is -1.97. The van der Waals surface area contributed by atoms with Crippen LogP contribution in [0.15, 0.2) is 11.0 Å². The maximum absolute atomic E-state index is 10.4. The van der Waals surface area contributed by atoms with Gasteiger partial charge in [0.1, 0.15) is 0 Å². The summed E-state index contributed by atoms with van der Waals surface area (Å²) in [4.78, 5) is 0.810. The van der Waals surface area contributed by atoms with Gasteiger partial charge in [0.15, 0.2) is 0 Å². The zero-order valence-electron chi connectivity index (χ0n) is 4.52. The molecule has 2 nitrogen and oxygen atoms in total. The van der Waals surface area contributed by atoms with Gasteiger partial charge in [-0.1, -0.05) is 0 Å². The van der Waals surface area contributed by atoms with E-state index in [4.69, 9.17) is 4.78 Å². The third-order valence-electron chi connectivity index (χ3n) is 1.24. The fraction of sp³-hybridized carbons (Fsp3) is 0.600. The Kier molecular flexibility index (Phi) is 1.68. The van der Waals surface area contributed by atoms with Crippen molar-refractivity contribution in [1.29, 1.82) is 4.78 Å². The number of hydrogen-bond donors (Lipinski definition) is 1. The molecule has 1 N–H and O–H groups in total. The maximum atomic E-state index is 10.4. The summed E-state index contributed by atoms with van der Waals surface area (Å²) in [6, 6.07) is 0. The van der Waals surface area contributed by atoms with Crippen LogP contribution in [0.5, 0.6) is 0 Å². The predicted molar refractivity (Wildman–Crippen MR) is 32.7 cm³/mol. The zero-order valence-corrected chi connectivity index (χ0v) is 5.33. The van der Waals surface area contributed by atoms with Crippen molar-refractivity contribution in [2.24, 2.45) is 0 Å². The zero-order chi connectivity index (χ0) is 5.98. The molecular weight excluding hydrogens is 122 g/mol. The highest BCUT2D eigenvalue weighted by molar-refractivity contribution is 7.77. The molecule has 0 bridgehead atoms. The SMILES string of the molecule is N=[S-](=O)C1=CCCC1. The largest absolute Gasteiger partial charge is 0.441 e. The summed E-state index contributed by atoms with van der Waals surface area (Å²) in [6.45, 7) is 0. The van der Waals surface area contributed by atoms with Crippen LogP contribution in [0.25, 0.3) is 0 Å². The second-order valence-corrected chi connectivity index (χ2v) is 2.89. The molecule has 0 fully saturated rings. The van der Waals surface area contributed by atoms with Crippen LogP contribution in [0.1, 0.15) is 19.3 Å². The van der Waals surface area contributed by atoms with Crippen molar-refractivity contribution < 1.29 is 4.21 Å². The van der Waals surface area contributed by atoms with E-state index in [0.717, 1.165) is 24.2 Å². The Labute approximate surface area is 50.6 Å². The van der Waals surface area contributed by atoms with Crippen molar-refractivity contribution in [3.05, 3.63) is 11.0 Å². The van der Waals surface area contributed by atoms with Crippen LogP contribution in [-0.2, 0) is 14.8 Å². The number of hydrogen-bond acceptors (Lipinski definition) is 3. The first kappa shape index (κ1) is 5.82. The van der Waals surface area contributed by atoms with Crippen LogP contribution >= 0.6 is 0 Å². The summed E-state index contributed by atoms with van der Waals surface area (Å²) >= 11 is 0. The average Bonchev–Trinajstić information content (AvgIpc) is 2.12. The van der Waals surface area contributed by atoms with E-state index >= 15 is 0 Å². The molecule has 0 radical (unpaired) electrons. The van der Waals surface area contributed by atoms with E-state index in [2.05, 4.69) is 0 Å². The number of allylic oxidation sites excluding steroid dienone is 2. The lowest BCUT2D eigenvalue weighted by atomic mass is 10.4. The molecular formula is C5H8NOS-. The molecule has 0 unspecified atom stereocenters. The van der Waals surface area contributed by atoms with Crippen LogP contribution in [0.4, 0.5) is 0 Å². The molecule has 1 aliphatic carbocycles. The Balaban J connectivity index is 2.72. The first-order valence-electron chi connectivity index (χ1n) is 2.63. The highest BCUT2D eigenvalue weighted by Gasteiger charge is 1.95. The topological polar surface area (TPSA) is 40.9 Å². The van der Waals surface area contributed by atoms with E-state index in [-0.39, 0.29) is 0 Å². The van der Waals surface area contributed by atoms with Crippen LogP contribution < -0.4 is 0 Å². The lowest BCUT2D eigenvalue weighted by molar-refractivity contribution is 0.601. The van der Waals surface area contributed by atoms with E-state index in [1.165, 1.54) is 0 Å². The fourth-order valence-corrected chi connectivity index (χ4v) is 1.41. The van der Waals surface area contributed by atoms with Gasteiger partial charge in [0.2, 0.25) is 0 Å². The van der Waals surface area contributed by atoms with E-state index in [0.29, 0.717) is 0 Å². The molecule has 0 spiro atoms. The molecule has 0 aromatic heterocycles. The van der Waals surface area contributed by atoms with Gasteiger partial charge >= 0.3 is 0 Å². The highest BCUT2D eigenvalue weighted by Crippen LogP contribution is 2.17. The Morgan fingerprint density at radius 2 is 2.50 bits per heavy atom. The van der Waals surface area contributed by atoms with Gasteiger partial charge in [0, 0.05) is 0 Å². The molecule has 0 aromatic rings. The smallest absolute Gasteiger partial charge is 0.0363 e. The highest BCUT2D eigenvalue weighted by atomic mass is 32.2. The summed E-state index contributed by atoms with van der Waals surface area (Å²) < 4.78 is 17.1. The quantitative estimate of drug-likeness (QED) is 0.540.